The molecule has 0 radical (unpaired) electrons. The van der Waals surface area contributed by atoms with E-state index in [2.05, 4.69) is 23.7 Å². The Morgan fingerprint density at radius 3 is 2.21 bits per heavy atom. The number of anilines is 1. The Kier molecular flexibility index (Phi) is 9.66. The normalized spacial score (nSPS) is 11.7. The van der Waals surface area contributed by atoms with Crippen LogP contribution >= 0.6 is 35.3 Å². The summed E-state index contributed by atoms with van der Waals surface area (Å²) in [6.45, 7) is 7.06. The molecule has 0 N–H and O–H groups in total. The molecule has 0 aliphatic rings. The second kappa shape index (κ2) is 11.6. The van der Waals surface area contributed by atoms with E-state index < -0.39 is 10.0 Å². The molecule has 0 bridgehead atoms. The Morgan fingerprint density at radius 2 is 1.67 bits per heavy atom. The van der Waals surface area contributed by atoms with Crippen molar-refractivity contribution in [2.75, 3.05) is 45.2 Å². The van der Waals surface area contributed by atoms with Crippen molar-refractivity contribution in [3.63, 3.8) is 0 Å². The molecule has 0 atom stereocenters. The summed E-state index contributed by atoms with van der Waals surface area (Å²) in [6.07, 6.45) is 0. The minimum atomic E-state index is -3.57. The number of carbonyl (C=O) groups is 1. The number of hydrogen-bond donors (Lipinski definition) is 0. The van der Waals surface area contributed by atoms with Crippen LogP contribution in [0.4, 0.5) is 5.13 Å². The predicted molar refractivity (Wildman–Crippen MR) is 139 cm³/mol. The van der Waals surface area contributed by atoms with E-state index in [0.29, 0.717) is 34.3 Å². The van der Waals surface area contributed by atoms with Gasteiger partial charge in [-0.05, 0) is 49.5 Å². The molecule has 180 valence electrons. The van der Waals surface area contributed by atoms with E-state index in [1.54, 1.807) is 23.1 Å². The van der Waals surface area contributed by atoms with Gasteiger partial charge in [-0.3, -0.25) is 9.69 Å². The average Bonchev–Trinajstić information content (AvgIpc) is 3.22. The number of fused-ring (bicyclic) bond motifs is 1. The molecule has 3 aromatic rings. The van der Waals surface area contributed by atoms with Crippen LogP contribution in [0.1, 0.15) is 24.2 Å². The number of sulfonamides is 1. The molecule has 0 aliphatic carbocycles. The quantitative estimate of drug-likeness (QED) is 0.403. The lowest BCUT2D eigenvalue weighted by molar-refractivity contribution is 0.0983. The Morgan fingerprint density at radius 1 is 1.03 bits per heavy atom. The summed E-state index contributed by atoms with van der Waals surface area (Å²) in [5.41, 5.74) is 1.06. The monoisotopic (exact) mass is 530 g/mol. The van der Waals surface area contributed by atoms with E-state index in [1.807, 2.05) is 12.1 Å². The van der Waals surface area contributed by atoms with Crippen LogP contribution in [-0.4, -0.2) is 68.8 Å². The molecule has 1 aromatic heterocycles. The highest BCUT2D eigenvalue weighted by atomic mass is 35.5. The maximum atomic E-state index is 13.5. The molecule has 0 saturated carbocycles. The smallest absolute Gasteiger partial charge is 0.260 e. The molecule has 0 fully saturated rings. The molecular formula is C22H28Cl2N4O3S2. The molecule has 0 spiro atoms. The van der Waals surface area contributed by atoms with Crippen molar-refractivity contribution in [1.29, 1.82) is 0 Å². The molecule has 7 nitrogen and oxygen atoms in total. The third-order valence-corrected chi connectivity index (χ3v) is 8.43. The molecule has 1 amide bonds. The second-order valence-corrected chi connectivity index (χ2v) is 10.9. The summed E-state index contributed by atoms with van der Waals surface area (Å²) in [5, 5.41) is 1.11. The summed E-state index contributed by atoms with van der Waals surface area (Å²) in [5.74, 6) is -0.235. The number of aromatic nitrogens is 1. The van der Waals surface area contributed by atoms with Crippen LogP contribution in [0, 0.1) is 0 Å². The van der Waals surface area contributed by atoms with Crippen LogP contribution < -0.4 is 4.90 Å². The van der Waals surface area contributed by atoms with Gasteiger partial charge in [0, 0.05) is 32.7 Å². The summed E-state index contributed by atoms with van der Waals surface area (Å²) < 4.78 is 26.7. The molecule has 0 saturated heterocycles. The van der Waals surface area contributed by atoms with Crippen LogP contribution in [0.5, 0.6) is 0 Å². The Labute approximate surface area is 210 Å². The fourth-order valence-corrected chi connectivity index (χ4v) is 5.41. The first-order valence-corrected chi connectivity index (χ1v) is 12.9. The highest BCUT2D eigenvalue weighted by Gasteiger charge is 2.24. The summed E-state index contributed by atoms with van der Waals surface area (Å²) in [7, 11) is -0.618. The number of nitrogens with zero attached hydrogens (tertiary/aromatic N) is 4. The maximum absolute atomic E-state index is 13.5. The fourth-order valence-electron chi connectivity index (χ4n) is 3.22. The van der Waals surface area contributed by atoms with Gasteiger partial charge in [-0.25, -0.2) is 17.7 Å². The van der Waals surface area contributed by atoms with Crippen LogP contribution in [-0.2, 0) is 10.0 Å². The lowest BCUT2D eigenvalue weighted by atomic mass is 10.2. The van der Waals surface area contributed by atoms with Gasteiger partial charge in [0.2, 0.25) is 10.0 Å². The number of amides is 1. The maximum Gasteiger partial charge on any atom is 0.260 e. The van der Waals surface area contributed by atoms with Gasteiger partial charge in [0.15, 0.2) is 5.13 Å². The van der Waals surface area contributed by atoms with E-state index in [4.69, 9.17) is 11.6 Å². The van der Waals surface area contributed by atoms with Crippen LogP contribution in [0.15, 0.2) is 47.4 Å². The topological polar surface area (TPSA) is 73.8 Å². The number of benzene rings is 2. The summed E-state index contributed by atoms with van der Waals surface area (Å²) in [6, 6.07) is 11.6. The van der Waals surface area contributed by atoms with E-state index in [9.17, 15) is 13.2 Å². The highest BCUT2D eigenvalue weighted by Crippen LogP contribution is 2.33. The second-order valence-electron chi connectivity index (χ2n) is 7.38. The van der Waals surface area contributed by atoms with Crippen molar-refractivity contribution in [3.8, 4) is 0 Å². The SMILES string of the molecule is CCN(CC)CCN(C(=O)c1ccc(S(=O)(=O)N(C)C)cc1)c1nc2c(Cl)cccc2s1.Cl. The number of rotatable bonds is 9. The van der Waals surface area contributed by atoms with Gasteiger partial charge >= 0.3 is 0 Å². The third-order valence-electron chi connectivity index (χ3n) is 5.25. The average molecular weight is 532 g/mol. The van der Waals surface area contributed by atoms with Crippen molar-refractivity contribution < 1.29 is 13.2 Å². The first kappa shape index (κ1) is 27.5. The predicted octanol–water partition coefficient (Wildman–Crippen LogP) is 4.61. The minimum Gasteiger partial charge on any atom is -0.302 e. The Bertz CT molecular complexity index is 1190. The standard InChI is InChI=1S/C22H27ClN4O3S2.ClH/c1-5-26(6-2)14-15-27(22-24-20-18(23)8-7-9-19(20)31-22)21(28)16-10-12-17(13-11-16)32(29,30)25(3)4;/h7-13H,5-6,14-15H2,1-4H3;1H. The van der Waals surface area contributed by atoms with Gasteiger partial charge in [0.1, 0.15) is 5.52 Å². The van der Waals surface area contributed by atoms with Gasteiger partial charge in [0.25, 0.3) is 5.91 Å². The zero-order valence-electron chi connectivity index (χ0n) is 19.0. The van der Waals surface area contributed by atoms with Crippen molar-refractivity contribution >= 4 is 66.6 Å². The third kappa shape index (κ3) is 6.03. The van der Waals surface area contributed by atoms with E-state index >= 15 is 0 Å². The Balaban J connectivity index is 0.00000385. The Hall–Kier alpha value is -1.75. The van der Waals surface area contributed by atoms with E-state index in [-0.39, 0.29) is 23.2 Å². The van der Waals surface area contributed by atoms with Crippen molar-refractivity contribution in [3.05, 3.63) is 53.1 Å². The molecule has 0 aliphatic heterocycles. The largest absolute Gasteiger partial charge is 0.302 e. The zero-order chi connectivity index (χ0) is 23.5. The lowest BCUT2D eigenvalue weighted by Crippen LogP contribution is -2.38. The van der Waals surface area contributed by atoms with Gasteiger partial charge in [-0.2, -0.15) is 0 Å². The first-order valence-electron chi connectivity index (χ1n) is 10.3. The van der Waals surface area contributed by atoms with Gasteiger partial charge in [-0.1, -0.05) is 42.9 Å². The molecule has 1 heterocycles. The first-order chi connectivity index (χ1) is 15.2. The summed E-state index contributed by atoms with van der Waals surface area (Å²) in [4.78, 5) is 22.1. The number of halogens is 2. The number of para-hydroxylation sites is 1. The van der Waals surface area contributed by atoms with Crippen molar-refractivity contribution in [2.45, 2.75) is 18.7 Å². The minimum absolute atomic E-state index is 0. The van der Waals surface area contributed by atoms with Gasteiger partial charge in [-0.15, -0.1) is 12.4 Å². The van der Waals surface area contributed by atoms with Crippen LogP contribution in [0.3, 0.4) is 0 Å². The van der Waals surface area contributed by atoms with Gasteiger partial charge in [0.05, 0.1) is 14.6 Å². The van der Waals surface area contributed by atoms with E-state index in [1.165, 1.54) is 37.6 Å². The molecule has 2 aromatic carbocycles. The number of likely N-dealkylation sites (N-methyl/N-ethyl adjacent to an activating group) is 1. The van der Waals surface area contributed by atoms with Crippen LogP contribution in [0.2, 0.25) is 5.02 Å². The number of carbonyl (C=O) groups excluding carboxylic acids is 1. The lowest BCUT2D eigenvalue weighted by Gasteiger charge is -2.25. The van der Waals surface area contributed by atoms with Gasteiger partial charge < -0.3 is 4.90 Å². The van der Waals surface area contributed by atoms with Crippen molar-refractivity contribution in [2.24, 2.45) is 0 Å². The molecule has 0 unspecified atom stereocenters. The van der Waals surface area contributed by atoms with Crippen molar-refractivity contribution in [1.82, 2.24) is 14.2 Å². The zero-order valence-corrected chi connectivity index (χ0v) is 22.2. The van der Waals surface area contributed by atoms with E-state index in [0.717, 1.165) is 22.1 Å². The number of thiazole rings is 1. The van der Waals surface area contributed by atoms with Crippen LogP contribution in [0.25, 0.3) is 10.2 Å². The number of hydrogen-bond acceptors (Lipinski definition) is 6. The fraction of sp³-hybridized carbons (Fsp3) is 0.364. The molecule has 3 rings (SSSR count). The molecule has 11 heteroatoms. The molecule has 33 heavy (non-hydrogen) atoms. The molecular weight excluding hydrogens is 503 g/mol. The highest BCUT2D eigenvalue weighted by molar-refractivity contribution is 7.89. The summed E-state index contributed by atoms with van der Waals surface area (Å²) >= 11 is 7.71.